The lowest BCUT2D eigenvalue weighted by Gasteiger charge is -2.16. The van der Waals surface area contributed by atoms with Crippen LogP contribution in [0.2, 0.25) is 0 Å². The first-order chi connectivity index (χ1) is 10.9. The minimum atomic E-state index is -3.58. The van der Waals surface area contributed by atoms with Crippen molar-refractivity contribution in [2.24, 2.45) is 0 Å². The molecule has 0 spiro atoms. The molecule has 0 aliphatic heterocycles. The summed E-state index contributed by atoms with van der Waals surface area (Å²) < 4.78 is 27.4. The largest absolute Gasteiger partial charge is 0.295 e. The zero-order chi connectivity index (χ0) is 16.9. The molecule has 0 aliphatic carbocycles. The molecule has 2 aromatic rings. The predicted octanol–water partition coefficient (Wildman–Crippen LogP) is 3.36. The van der Waals surface area contributed by atoms with Gasteiger partial charge in [0, 0.05) is 12.1 Å². The molecule has 0 radical (unpaired) electrons. The van der Waals surface area contributed by atoms with Gasteiger partial charge in [0.05, 0.1) is 4.90 Å². The van der Waals surface area contributed by atoms with Gasteiger partial charge in [-0.2, -0.15) is 0 Å². The normalized spacial score (nSPS) is 12.8. The minimum Gasteiger partial charge on any atom is -0.295 e. The lowest BCUT2D eigenvalue weighted by atomic mass is 9.97. The van der Waals surface area contributed by atoms with Crippen molar-refractivity contribution in [1.82, 2.24) is 4.72 Å². The van der Waals surface area contributed by atoms with Crippen molar-refractivity contribution in [3.63, 3.8) is 0 Å². The topological polar surface area (TPSA) is 63.2 Å². The maximum absolute atomic E-state index is 12.4. The molecule has 2 aromatic carbocycles. The van der Waals surface area contributed by atoms with Gasteiger partial charge in [-0.25, -0.2) is 13.1 Å². The van der Waals surface area contributed by atoms with Gasteiger partial charge < -0.3 is 0 Å². The Morgan fingerprint density at radius 2 is 1.65 bits per heavy atom. The Morgan fingerprint density at radius 1 is 1.04 bits per heavy atom. The summed E-state index contributed by atoms with van der Waals surface area (Å²) in [6.07, 6.45) is 0.843. The number of Topliss-reactive ketones (excluding diaryl/α,β-unsaturated/α-hetero) is 1. The molecule has 0 heterocycles. The zero-order valence-corrected chi connectivity index (χ0v) is 14.1. The average molecular weight is 331 g/mol. The minimum absolute atomic E-state index is 0.0861. The second kappa shape index (κ2) is 7.53. The highest BCUT2D eigenvalue weighted by atomic mass is 32.2. The molecule has 0 saturated heterocycles. The van der Waals surface area contributed by atoms with E-state index in [9.17, 15) is 13.2 Å². The third-order valence-electron chi connectivity index (χ3n) is 3.85. The van der Waals surface area contributed by atoms with Crippen LogP contribution in [0.3, 0.4) is 0 Å². The fourth-order valence-electron chi connectivity index (χ4n) is 2.39. The molecule has 5 heteroatoms. The molecule has 1 unspecified atom stereocenters. The van der Waals surface area contributed by atoms with Crippen molar-refractivity contribution in [2.45, 2.75) is 31.1 Å². The first-order valence-corrected chi connectivity index (χ1v) is 9.08. The molecule has 2 rings (SSSR count). The van der Waals surface area contributed by atoms with Crippen molar-refractivity contribution in [2.75, 3.05) is 6.54 Å². The summed E-state index contributed by atoms with van der Waals surface area (Å²) in [5.41, 5.74) is 1.62. The van der Waals surface area contributed by atoms with Gasteiger partial charge in [0.25, 0.3) is 0 Å². The Labute approximate surface area is 137 Å². The maximum atomic E-state index is 12.4. The first kappa shape index (κ1) is 17.4. The van der Waals surface area contributed by atoms with Crippen molar-refractivity contribution in [1.29, 1.82) is 0 Å². The number of rotatable bonds is 7. The number of nitrogens with one attached hydrogen (secondary N) is 1. The lowest BCUT2D eigenvalue weighted by molar-refractivity contribution is 0.101. The molecular weight excluding hydrogens is 310 g/mol. The van der Waals surface area contributed by atoms with Crippen LogP contribution in [0, 0.1) is 0 Å². The van der Waals surface area contributed by atoms with Gasteiger partial charge in [-0.1, -0.05) is 49.4 Å². The number of ketones is 1. The van der Waals surface area contributed by atoms with Gasteiger partial charge in [-0.15, -0.1) is 0 Å². The van der Waals surface area contributed by atoms with Gasteiger partial charge in [0.15, 0.2) is 5.78 Å². The Kier molecular flexibility index (Phi) is 5.69. The summed E-state index contributed by atoms with van der Waals surface area (Å²) >= 11 is 0. The average Bonchev–Trinajstić information content (AvgIpc) is 2.56. The molecule has 0 aliphatic rings. The predicted molar refractivity (Wildman–Crippen MR) is 91.1 cm³/mol. The number of hydrogen-bond acceptors (Lipinski definition) is 3. The summed E-state index contributed by atoms with van der Waals surface area (Å²) in [7, 11) is -3.58. The SMILES string of the molecule is CCC(CNS(=O)(=O)c1ccc(C(C)=O)cc1)c1ccccc1. The van der Waals surface area contributed by atoms with Crippen LogP contribution in [0.25, 0.3) is 0 Å². The van der Waals surface area contributed by atoms with Crippen molar-refractivity contribution in [3.8, 4) is 0 Å². The highest BCUT2D eigenvalue weighted by Gasteiger charge is 2.17. The van der Waals surface area contributed by atoms with E-state index in [4.69, 9.17) is 0 Å². The molecule has 4 nitrogen and oxygen atoms in total. The van der Waals surface area contributed by atoms with E-state index in [1.807, 2.05) is 37.3 Å². The lowest BCUT2D eigenvalue weighted by Crippen LogP contribution is -2.28. The highest BCUT2D eigenvalue weighted by Crippen LogP contribution is 2.19. The second-order valence-electron chi connectivity index (χ2n) is 5.45. The van der Waals surface area contributed by atoms with E-state index in [-0.39, 0.29) is 16.6 Å². The van der Waals surface area contributed by atoms with Crippen LogP contribution >= 0.6 is 0 Å². The van der Waals surface area contributed by atoms with E-state index in [0.717, 1.165) is 12.0 Å². The Balaban J connectivity index is 2.10. The van der Waals surface area contributed by atoms with Crippen LogP contribution in [0.15, 0.2) is 59.5 Å². The Hall–Kier alpha value is -1.98. The van der Waals surface area contributed by atoms with Crippen LogP contribution in [0.4, 0.5) is 0 Å². The zero-order valence-electron chi connectivity index (χ0n) is 13.3. The molecule has 0 saturated carbocycles. The molecular formula is C18H21NO3S. The van der Waals surface area contributed by atoms with Crippen LogP contribution < -0.4 is 4.72 Å². The van der Waals surface area contributed by atoms with Crippen LogP contribution in [-0.2, 0) is 10.0 Å². The molecule has 122 valence electrons. The quantitative estimate of drug-likeness (QED) is 0.791. The summed E-state index contributed by atoms with van der Waals surface area (Å²) in [6, 6.07) is 15.8. The van der Waals surface area contributed by atoms with Gasteiger partial charge in [-0.3, -0.25) is 4.79 Å². The summed E-state index contributed by atoms with van der Waals surface area (Å²) in [6.45, 7) is 3.83. The van der Waals surface area contributed by atoms with Crippen LogP contribution in [0.5, 0.6) is 0 Å². The van der Waals surface area contributed by atoms with Crippen molar-refractivity contribution < 1.29 is 13.2 Å². The van der Waals surface area contributed by atoms with Gasteiger partial charge in [0.2, 0.25) is 10.0 Å². The van der Waals surface area contributed by atoms with Gasteiger partial charge in [0.1, 0.15) is 0 Å². The number of benzene rings is 2. The number of carbonyl (C=O) groups is 1. The molecule has 23 heavy (non-hydrogen) atoms. The van der Waals surface area contributed by atoms with Gasteiger partial charge in [-0.05, 0) is 37.0 Å². The van der Waals surface area contributed by atoms with E-state index in [1.54, 1.807) is 0 Å². The summed E-state index contributed by atoms with van der Waals surface area (Å²) in [5.74, 6) is 0.0412. The molecule has 1 N–H and O–H groups in total. The molecule has 0 bridgehead atoms. The Bertz CT molecular complexity index is 753. The van der Waals surface area contributed by atoms with Crippen LogP contribution in [0.1, 0.15) is 42.1 Å². The van der Waals surface area contributed by atoms with E-state index < -0.39 is 10.0 Å². The smallest absolute Gasteiger partial charge is 0.240 e. The van der Waals surface area contributed by atoms with Crippen molar-refractivity contribution in [3.05, 3.63) is 65.7 Å². The molecule has 1 atom stereocenters. The van der Waals surface area contributed by atoms with E-state index >= 15 is 0 Å². The fourth-order valence-corrected chi connectivity index (χ4v) is 3.47. The number of sulfonamides is 1. The second-order valence-corrected chi connectivity index (χ2v) is 7.22. The molecule has 0 fully saturated rings. The third kappa shape index (κ3) is 4.50. The number of carbonyl (C=O) groups excluding carboxylic acids is 1. The fraction of sp³-hybridized carbons (Fsp3) is 0.278. The highest BCUT2D eigenvalue weighted by molar-refractivity contribution is 7.89. The van der Waals surface area contributed by atoms with E-state index in [1.165, 1.54) is 31.2 Å². The monoisotopic (exact) mass is 331 g/mol. The maximum Gasteiger partial charge on any atom is 0.240 e. The van der Waals surface area contributed by atoms with Crippen molar-refractivity contribution >= 4 is 15.8 Å². The van der Waals surface area contributed by atoms with E-state index in [2.05, 4.69) is 4.72 Å². The van der Waals surface area contributed by atoms with Crippen LogP contribution in [-0.4, -0.2) is 20.7 Å². The first-order valence-electron chi connectivity index (χ1n) is 7.59. The Morgan fingerprint density at radius 3 is 2.17 bits per heavy atom. The summed E-state index contributed by atoms with van der Waals surface area (Å²) in [4.78, 5) is 11.4. The summed E-state index contributed by atoms with van der Waals surface area (Å²) in [5, 5.41) is 0. The molecule has 0 amide bonds. The number of hydrogen-bond donors (Lipinski definition) is 1. The van der Waals surface area contributed by atoms with Gasteiger partial charge >= 0.3 is 0 Å². The third-order valence-corrected chi connectivity index (χ3v) is 5.29. The standard InChI is InChI=1S/C18H21NO3S/c1-3-15(17-7-5-4-6-8-17)13-19-23(21,22)18-11-9-16(10-12-18)14(2)20/h4-12,15,19H,3,13H2,1-2H3. The molecule has 0 aromatic heterocycles. The van der Waals surface area contributed by atoms with E-state index in [0.29, 0.717) is 12.1 Å².